The molecule has 0 aromatic heterocycles. The number of hydrogen-bond donors (Lipinski definition) is 0. The number of ketones is 1. The SMILES string of the molecule is COCCC(=O)c1ccc(OCc2ccccc2)cc1Br. The summed E-state index contributed by atoms with van der Waals surface area (Å²) in [7, 11) is 1.59. The maximum absolute atomic E-state index is 12.0. The Morgan fingerprint density at radius 3 is 2.57 bits per heavy atom. The van der Waals surface area contributed by atoms with Crippen LogP contribution in [-0.2, 0) is 11.3 Å². The Balaban J connectivity index is 2.00. The van der Waals surface area contributed by atoms with Crippen LogP contribution in [0.4, 0.5) is 0 Å². The summed E-state index contributed by atoms with van der Waals surface area (Å²) in [5.74, 6) is 0.785. The van der Waals surface area contributed by atoms with E-state index in [0.29, 0.717) is 25.2 Å². The summed E-state index contributed by atoms with van der Waals surface area (Å²) >= 11 is 3.42. The Kier molecular flexibility index (Phi) is 5.96. The number of carbonyl (C=O) groups is 1. The number of halogens is 1. The zero-order valence-electron chi connectivity index (χ0n) is 11.8. The molecule has 0 aliphatic rings. The van der Waals surface area contributed by atoms with Crippen molar-refractivity contribution in [1.82, 2.24) is 0 Å². The Morgan fingerprint density at radius 1 is 1.14 bits per heavy atom. The lowest BCUT2D eigenvalue weighted by atomic mass is 10.1. The van der Waals surface area contributed by atoms with Gasteiger partial charge in [-0.15, -0.1) is 0 Å². The Morgan fingerprint density at radius 2 is 1.90 bits per heavy atom. The number of methoxy groups -OCH3 is 1. The van der Waals surface area contributed by atoms with E-state index in [4.69, 9.17) is 9.47 Å². The van der Waals surface area contributed by atoms with E-state index in [0.717, 1.165) is 15.8 Å². The molecule has 0 saturated carbocycles. The summed E-state index contributed by atoms with van der Waals surface area (Å²) in [5, 5.41) is 0. The molecule has 0 aliphatic carbocycles. The molecule has 0 aliphatic heterocycles. The maximum Gasteiger partial charge on any atom is 0.166 e. The molecular weight excluding hydrogens is 332 g/mol. The average Bonchev–Trinajstić information content (AvgIpc) is 2.51. The van der Waals surface area contributed by atoms with Crippen LogP contribution in [0.1, 0.15) is 22.3 Å². The van der Waals surface area contributed by atoms with Gasteiger partial charge in [0.05, 0.1) is 6.61 Å². The fourth-order valence-corrected chi connectivity index (χ4v) is 2.46. The number of ether oxygens (including phenoxy) is 2. The molecule has 0 amide bonds. The second-order valence-electron chi connectivity index (χ2n) is 4.58. The first-order valence-corrected chi connectivity index (χ1v) is 7.48. The molecule has 110 valence electrons. The van der Waals surface area contributed by atoms with E-state index in [2.05, 4.69) is 15.9 Å². The molecule has 0 saturated heterocycles. The zero-order valence-corrected chi connectivity index (χ0v) is 13.4. The van der Waals surface area contributed by atoms with Crippen LogP contribution >= 0.6 is 15.9 Å². The topological polar surface area (TPSA) is 35.5 Å². The summed E-state index contributed by atoms with van der Waals surface area (Å²) in [4.78, 5) is 12.0. The Hall–Kier alpha value is -1.65. The third kappa shape index (κ3) is 4.69. The van der Waals surface area contributed by atoms with E-state index in [1.165, 1.54) is 0 Å². The summed E-state index contributed by atoms with van der Waals surface area (Å²) in [6.45, 7) is 0.932. The minimum Gasteiger partial charge on any atom is -0.489 e. The van der Waals surface area contributed by atoms with Crippen molar-refractivity contribution >= 4 is 21.7 Å². The van der Waals surface area contributed by atoms with Crippen LogP contribution < -0.4 is 4.74 Å². The highest BCUT2D eigenvalue weighted by atomic mass is 79.9. The van der Waals surface area contributed by atoms with Crippen molar-refractivity contribution in [2.75, 3.05) is 13.7 Å². The fraction of sp³-hybridized carbons (Fsp3) is 0.235. The van der Waals surface area contributed by atoms with E-state index < -0.39 is 0 Å². The number of benzene rings is 2. The third-order valence-corrected chi connectivity index (χ3v) is 3.68. The van der Waals surface area contributed by atoms with E-state index >= 15 is 0 Å². The van der Waals surface area contributed by atoms with Crippen molar-refractivity contribution in [2.24, 2.45) is 0 Å². The van der Waals surface area contributed by atoms with Gasteiger partial charge in [-0.2, -0.15) is 0 Å². The van der Waals surface area contributed by atoms with Crippen molar-refractivity contribution in [3.8, 4) is 5.75 Å². The zero-order chi connectivity index (χ0) is 15.1. The first-order valence-electron chi connectivity index (χ1n) is 6.69. The second-order valence-corrected chi connectivity index (χ2v) is 5.44. The third-order valence-electron chi connectivity index (χ3n) is 3.02. The van der Waals surface area contributed by atoms with Gasteiger partial charge in [-0.05, 0) is 39.7 Å². The van der Waals surface area contributed by atoms with Crippen LogP contribution in [0.15, 0.2) is 53.0 Å². The van der Waals surface area contributed by atoms with Crippen molar-refractivity contribution in [3.63, 3.8) is 0 Å². The Bertz CT molecular complexity index is 596. The molecule has 2 aromatic carbocycles. The van der Waals surface area contributed by atoms with Crippen molar-refractivity contribution in [3.05, 3.63) is 64.1 Å². The van der Waals surface area contributed by atoms with Crippen molar-refractivity contribution in [2.45, 2.75) is 13.0 Å². The van der Waals surface area contributed by atoms with E-state index in [9.17, 15) is 4.79 Å². The van der Waals surface area contributed by atoms with Crippen LogP contribution in [0.5, 0.6) is 5.75 Å². The standard InChI is InChI=1S/C17H17BrO3/c1-20-10-9-17(19)15-8-7-14(11-16(15)18)21-12-13-5-3-2-4-6-13/h2-8,11H,9-10,12H2,1H3. The molecule has 2 rings (SSSR count). The van der Waals surface area contributed by atoms with Crippen LogP contribution in [0.2, 0.25) is 0 Å². The molecule has 3 nitrogen and oxygen atoms in total. The largest absolute Gasteiger partial charge is 0.489 e. The van der Waals surface area contributed by atoms with Gasteiger partial charge in [0.1, 0.15) is 12.4 Å². The van der Waals surface area contributed by atoms with Gasteiger partial charge in [0.15, 0.2) is 5.78 Å². The predicted octanol–water partition coefficient (Wildman–Crippen LogP) is 4.25. The van der Waals surface area contributed by atoms with Gasteiger partial charge in [0.25, 0.3) is 0 Å². The lowest BCUT2D eigenvalue weighted by molar-refractivity contribution is 0.0931. The molecule has 0 heterocycles. The molecule has 21 heavy (non-hydrogen) atoms. The fourth-order valence-electron chi connectivity index (χ4n) is 1.88. The smallest absolute Gasteiger partial charge is 0.166 e. The molecule has 0 radical (unpaired) electrons. The van der Waals surface area contributed by atoms with Gasteiger partial charge in [-0.25, -0.2) is 0 Å². The summed E-state index contributed by atoms with van der Waals surface area (Å²) in [5.41, 5.74) is 1.76. The summed E-state index contributed by atoms with van der Waals surface area (Å²) in [6, 6.07) is 15.4. The number of rotatable bonds is 7. The van der Waals surface area contributed by atoms with Gasteiger partial charge in [-0.3, -0.25) is 4.79 Å². The molecule has 2 aromatic rings. The second kappa shape index (κ2) is 7.96. The summed E-state index contributed by atoms with van der Waals surface area (Å²) in [6.07, 6.45) is 0.374. The highest BCUT2D eigenvalue weighted by Crippen LogP contribution is 2.25. The van der Waals surface area contributed by atoms with Crippen LogP contribution in [0.25, 0.3) is 0 Å². The lowest BCUT2D eigenvalue weighted by Crippen LogP contribution is -2.04. The summed E-state index contributed by atoms with van der Waals surface area (Å²) < 4.78 is 11.4. The van der Waals surface area contributed by atoms with Crippen LogP contribution in [0, 0.1) is 0 Å². The minimum absolute atomic E-state index is 0.0540. The molecule has 0 spiro atoms. The van der Waals surface area contributed by atoms with Gasteiger partial charge in [-0.1, -0.05) is 30.3 Å². The van der Waals surface area contributed by atoms with Crippen molar-refractivity contribution in [1.29, 1.82) is 0 Å². The highest BCUT2D eigenvalue weighted by molar-refractivity contribution is 9.10. The van der Waals surface area contributed by atoms with E-state index in [1.807, 2.05) is 42.5 Å². The highest BCUT2D eigenvalue weighted by Gasteiger charge is 2.10. The number of carbonyl (C=O) groups excluding carboxylic acids is 1. The average molecular weight is 349 g/mol. The molecular formula is C17H17BrO3. The van der Waals surface area contributed by atoms with Gasteiger partial charge in [0, 0.05) is 23.6 Å². The predicted molar refractivity (Wildman–Crippen MR) is 85.7 cm³/mol. The van der Waals surface area contributed by atoms with E-state index in [-0.39, 0.29) is 5.78 Å². The molecule has 0 atom stereocenters. The maximum atomic E-state index is 12.0. The molecule has 0 unspecified atom stereocenters. The molecule has 4 heteroatoms. The normalized spacial score (nSPS) is 10.4. The first kappa shape index (κ1) is 15.7. The van der Waals surface area contributed by atoms with Crippen LogP contribution in [-0.4, -0.2) is 19.5 Å². The van der Waals surface area contributed by atoms with Crippen molar-refractivity contribution < 1.29 is 14.3 Å². The molecule has 0 fully saturated rings. The van der Waals surface area contributed by atoms with Crippen LogP contribution in [0.3, 0.4) is 0 Å². The quantitative estimate of drug-likeness (QED) is 0.701. The van der Waals surface area contributed by atoms with Gasteiger partial charge < -0.3 is 9.47 Å². The first-order chi connectivity index (χ1) is 10.2. The van der Waals surface area contributed by atoms with Gasteiger partial charge in [0.2, 0.25) is 0 Å². The molecule has 0 N–H and O–H groups in total. The molecule has 0 bridgehead atoms. The number of Topliss-reactive ketones (excluding diaryl/α,β-unsaturated/α-hetero) is 1. The monoisotopic (exact) mass is 348 g/mol. The Labute approximate surface area is 133 Å². The van der Waals surface area contributed by atoms with Gasteiger partial charge >= 0.3 is 0 Å². The minimum atomic E-state index is 0.0540. The number of hydrogen-bond acceptors (Lipinski definition) is 3. The van der Waals surface area contributed by atoms with E-state index in [1.54, 1.807) is 13.2 Å². The lowest BCUT2D eigenvalue weighted by Gasteiger charge is -2.09.